The predicted molar refractivity (Wildman–Crippen MR) is 213 cm³/mol. The number of carbonyl (C=O) groups is 1. The lowest BCUT2D eigenvalue weighted by molar-refractivity contribution is -0.396. The Kier molecular flexibility index (Phi) is 11.1. The first-order chi connectivity index (χ1) is 26.6. The molecule has 15 heteroatoms. The Balaban J connectivity index is 1.24. The van der Waals surface area contributed by atoms with Gasteiger partial charge < -0.3 is 14.6 Å². The third kappa shape index (κ3) is 7.69. The molecule has 2 bridgehead atoms. The van der Waals surface area contributed by atoms with E-state index in [-0.39, 0.29) is 19.0 Å². The second-order valence-electron chi connectivity index (χ2n) is 16.0. The van der Waals surface area contributed by atoms with E-state index in [9.17, 15) is 33.4 Å². The molecule has 0 atom stereocenters. The molecule has 14 nitrogen and oxygen atoms in total. The number of aryl methyl sites for hydroxylation is 3. The van der Waals surface area contributed by atoms with Gasteiger partial charge in [0.2, 0.25) is 15.9 Å². The van der Waals surface area contributed by atoms with E-state index in [4.69, 9.17) is 4.74 Å². The molecule has 3 aliphatic rings. The van der Waals surface area contributed by atoms with E-state index in [0.717, 1.165) is 82.2 Å². The number of nitro groups is 2. The summed E-state index contributed by atoms with van der Waals surface area (Å²) in [7, 11) is -4.46. The van der Waals surface area contributed by atoms with E-state index in [1.54, 1.807) is 0 Å². The lowest BCUT2D eigenvalue weighted by Gasteiger charge is -2.33. The van der Waals surface area contributed by atoms with E-state index in [1.807, 2.05) is 39.8 Å². The maximum Gasteiger partial charge on any atom is 0.296 e. The first-order valence-corrected chi connectivity index (χ1v) is 20.9. The SMILES string of the molecule is Cc1cc(C)cc(-c2[nH]c3ccc(C(C)(C)C(=O)N4C5CCC4CC5)cc3c2CCCN(CCN2CCOCC2)S(=O)(=O)c2ccc([N+](=O)[O-])cc2[N+](=O)[O-])c1. The number of nitrogens with zero attached hydrogens (tertiary/aromatic N) is 5. The second-order valence-corrected chi connectivity index (χ2v) is 17.9. The second kappa shape index (κ2) is 15.7. The molecular formula is C41H50N6O8S. The molecule has 0 aliphatic carbocycles. The fourth-order valence-electron chi connectivity index (χ4n) is 8.93. The zero-order chi connectivity index (χ0) is 39.9. The van der Waals surface area contributed by atoms with Gasteiger partial charge >= 0.3 is 0 Å². The molecule has 3 saturated heterocycles. The van der Waals surface area contributed by atoms with Crippen molar-refractivity contribution in [2.45, 2.75) is 88.6 Å². The van der Waals surface area contributed by atoms with Gasteiger partial charge in [-0.25, -0.2) is 8.42 Å². The summed E-state index contributed by atoms with van der Waals surface area (Å²) < 4.78 is 35.4. The van der Waals surface area contributed by atoms with Crippen molar-refractivity contribution in [3.63, 3.8) is 0 Å². The Morgan fingerprint density at radius 2 is 1.57 bits per heavy atom. The van der Waals surface area contributed by atoms with Crippen LogP contribution in [0.25, 0.3) is 22.2 Å². The minimum absolute atomic E-state index is 0.0428. The van der Waals surface area contributed by atoms with Crippen LogP contribution in [0.3, 0.4) is 0 Å². The standard InChI is InChI=1S/C41H50N6O8S/c1-27-22-28(2)24-29(23-27)39-34(35-25-30(7-13-36(35)42-39)41(3,4)40(48)45-31-8-9-32(45)11-10-31)6-5-15-44(17-16-43-18-20-55-21-19-43)56(53,54)38-14-12-33(46(49)50)26-37(38)47(51)52/h7,12-14,22-26,31-32,42H,5-6,8-11,15-21H2,1-4H3. The smallest absolute Gasteiger partial charge is 0.296 e. The first-order valence-electron chi connectivity index (χ1n) is 19.4. The van der Waals surface area contributed by atoms with Crippen molar-refractivity contribution in [2.24, 2.45) is 0 Å². The summed E-state index contributed by atoms with van der Waals surface area (Å²) in [6.07, 6.45) is 5.07. The summed E-state index contributed by atoms with van der Waals surface area (Å²) in [5.41, 5.74) is 4.75. The van der Waals surface area contributed by atoms with Gasteiger partial charge in [-0.15, -0.1) is 0 Å². The van der Waals surface area contributed by atoms with Gasteiger partial charge in [-0.1, -0.05) is 23.3 Å². The molecule has 3 fully saturated rings. The van der Waals surface area contributed by atoms with Crippen molar-refractivity contribution < 1.29 is 27.8 Å². The number of rotatable bonds is 14. The van der Waals surface area contributed by atoms with Crippen molar-refractivity contribution in [3.05, 3.63) is 97.1 Å². The van der Waals surface area contributed by atoms with Crippen molar-refractivity contribution in [2.75, 3.05) is 45.9 Å². The Bertz CT molecular complexity index is 2240. The summed E-state index contributed by atoms with van der Waals surface area (Å²) >= 11 is 0. The van der Waals surface area contributed by atoms with Gasteiger partial charge in [0, 0.05) is 67.5 Å². The van der Waals surface area contributed by atoms with Gasteiger partial charge in [-0.2, -0.15) is 4.31 Å². The summed E-state index contributed by atoms with van der Waals surface area (Å²) in [5.74, 6) is 0.148. The number of nitro benzene ring substituents is 2. The van der Waals surface area contributed by atoms with Crippen LogP contribution in [0, 0.1) is 34.1 Å². The molecule has 4 aromatic rings. The van der Waals surface area contributed by atoms with E-state index in [2.05, 4.69) is 39.0 Å². The van der Waals surface area contributed by atoms with E-state index in [1.165, 1.54) is 4.31 Å². The van der Waals surface area contributed by atoms with Crippen LogP contribution in [0.2, 0.25) is 0 Å². The van der Waals surface area contributed by atoms with Crippen LogP contribution in [0.4, 0.5) is 11.4 Å². The van der Waals surface area contributed by atoms with Crippen LogP contribution in [-0.2, 0) is 31.4 Å². The highest BCUT2D eigenvalue weighted by Gasteiger charge is 2.47. The monoisotopic (exact) mass is 786 g/mol. The molecule has 56 heavy (non-hydrogen) atoms. The summed E-state index contributed by atoms with van der Waals surface area (Å²) in [4.78, 5) is 43.3. The normalized spacial score (nSPS) is 19.0. The molecule has 3 aliphatic heterocycles. The molecule has 0 unspecified atom stereocenters. The predicted octanol–water partition coefficient (Wildman–Crippen LogP) is 6.65. The summed E-state index contributed by atoms with van der Waals surface area (Å²) in [6.45, 7) is 10.9. The number of H-pyrrole nitrogens is 1. The minimum Gasteiger partial charge on any atom is -0.379 e. The first kappa shape index (κ1) is 39.5. The Morgan fingerprint density at radius 3 is 2.20 bits per heavy atom. The Labute approximate surface area is 327 Å². The van der Waals surface area contributed by atoms with Crippen LogP contribution < -0.4 is 0 Å². The van der Waals surface area contributed by atoms with Gasteiger partial charge in [0.15, 0.2) is 4.90 Å². The van der Waals surface area contributed by atoms with Gasteiger partial charge in [0.05, 0.1) is 34.5 Å². The van der Waals surface area contributed by atoms with Gasteiger partial charge in [0.25, 0.3) is 11.4 Å². The molecule has 7 rings (SSSR count). The number of ether oxygens (including phenoxy) is 1. The van der Waals surface area contributed by atoms with E-state index in [0.29, 0.717) is 63.8 Å². The molecule has 298 valence electrons. The van der Waals surface area contributed by atoms with Crippen LogP contribution in [0.5, 0.6) is 0 Å². The maximum absolute atomic E-state index is 14.3. The Hall–Kier alpha value is -4.70. The van der Waals surface area contributed by atoms with Crippen LogP contribution in [-0.4, -0.2) is 101 Å². The number of sulfonamides is 1. The lowest BCUT2D eigenvalue weighted by Crippen LogP contribution is -2.45. The number of aromatic nitrogens is 1. The number of non-ortho nitro benzene ring substituents is 1. The number of carbonyl (C=O) groups excluding carboxylic acids is 1. The van der Waals surface area contributed by atoms with E-state index >= 15 is 0 Å². The van der Waals surface area contributed by atoms with Crippen LogP contribution >= 0.6 is 0 Å². The lowest BCUT2D eigenvalue weighted by atomic mass is 9.82. The molecule has 0 spiro atoms. The van der Waals surface area contributed by atoms with Crippen molar-refractivity contribution >= 4 is 38.2 Å². The number of hydrogen-bond donors (Lipinski definition) is 1. The van der Waals surface area contributed by atoms with Crippen molar-refractivity contribution in [1.82, 2.24) is 19.1 Å². The highest BCUT2D eigenvalue weighted by Crippen LogP contribution is 2.42. The number of benzene rings is 3. The summed E-state index contributed by atoms with van der Waals surface area (Å²) in [6, 6.07) is 15.8. The molecule has 3 aromatic carbocycles. The number of aromatic amines is 1. The Morgan fingerprint density at radius 1 is 0.911 bits per heavy atom. The number of fused-ring (bicyclic) bond motifs is 3. The highest BCUT2D eigenvalue weighted by molar-refractivity contribution is 7.89. The maximum atomic E-state index is 14.3. The topological polar surface area (TPSA) is 172 Å². The summed E-state index contributed by atoms with van der Waals surface area (Å²) in [5, 5.41) is 24.5. The molecule has 4 heterocycles. The molecule has 1 aromatic heterocycles. The van der Waals surface area contributed by atoms with Gasteiger partial charge in [-0.05, 0) is 113 Å². The average Bonchev–Trinajstić information content (AvgIpc) is 3.88. The molecular weight excluding hydrogens is 737 g/mol. The number of hydrogen-bond acceptors (Lipinski definition) is 9. The van der Waals surface area contributed by atoms with Crippen molar-refractivity contribution in [1.29, 1.82) is 0 Å². The third-order valence-electron chi connectivity index (χ3n) is 11.9. The van der Waals surface area contributed by atoms with Crippen molar-refractivity contribution in [3.8, 4) is 11.3 Å². The molecule has 1 N–H and O–H groups in total. The molecule has 1 amide bonds. The van der Waals surface area contributed by atoms with Gasteiger partial charge in [-0.3, -0.25) is 29.9 Å². The number of amides is 1. The number of morpholine rings is 1. The fourth-order valence-corrected chi connectivity index (χ4v) is 10.5. The van der Waals surface area contributed by atoms with Crippen LogP contribution in [0.15, 0.2) is 59.5 Å². The highest BCUT2D eigenvalue weighted by atomic mass is 32.2. The zero-order valence-corrected chi connectivity index (χ0v) is 33.3. The minimum atomic E-state index is -4.46. The van der Waals surface area contributed by atoms with E-state index < -0.39 is 41.6 Å². The largest absolute Gasteiger partial charge is 0.379 e. The number of nitrogens with one attached hydrogen (secondary N) is 1. The quantitative estimate of drug-likeness (QED) is 0.108. The van der Waals surface area contributed by atoms with Gasteiger partial charge in [0.1, 0.15) is 0 Å². The zero-order valence-electron chi connectivity index (χ0n) is 32.5. The fraction of sp³-hybridized carbons (Fsp3) is 0.488. The third-order valence-corrected chi connectivity index (χ3v) is 13.9. The average molecular weight is 787 g/mol. The molecule has 0 radical (unpaired) electrons. The van der Waals surface area contributed by atoms with Crippen LogP contribution in [0.1, 0.15) is 68.2 Å². The molecule has 0 saturated carbocycles.